The van der Waals surface area contributed by atoms with Gasteiger partial charge in [0.1, 0.15) is 0 Å². The zero-order chi connectivity index (χ0) is 13.0. The number of hydrogen-bond acceptors (Lipinski definition) is 3. The minimum absolute atomic E-state index is 0.198. The van der Waals surface area contributed by atoms with Gasteiger partial charge in [-0.3, -0.25) is 4.79 Å². The van der Waals surface area contributed by atoms with Gasteiger partial charge in [0.05, 0.1) is 4.88 Å². The number of aryl methyl sites for hydroxylation is 1. The van der Waals surface area contributed by atoms with E-state index in [1.54, 1.807) is 11.3 Å². The van der Waals surface area contributed by atoms with Crippen molar-refractivity contribution in [1.29, 1.82) is 0 Å². The average Bonchev–Trinajstić information content (AvgIpc) is 2.99. The van der Waals surface area contributed by atoms with Crippen molar-refractivity contribution in [1.82, 2.24) is 10.2 Å². The first-order valence-corrected chi connectivity index (χ1v) is 7.61. The first-order chi connectivity index (χ1) is 8.70. The lowest BCUT2D eigenvalue weighted by Gasteiger charge is -2.25. The topological polar surface area (TPSA) is 32.3 Å². The molecule has 4 heteroatoms. The van der Waals surface area contributed by atoms with E-state index in [1.807, 2.05) is 24.0 Å². The van der Waals surface area contributed by atoms with Crippen molar-refractivity contribution in [2.75, 3.05) is 19.6 Å². The molecular formula is C14H22N2OS. The van der Waals surface area contributed by atoms with Crippen LogP contribution >= 0.6 is 11.3 Å². The van der Waals surface area contributed by atoms with Crippen LogP contribution in [0, 0.1) is 6.92 Å². The maximum Gasteiger partial charge on any atom is 0.263 e. The standard InChI is InChI=1S/C14H22N2OS/c1-3-9-16(10-12-5-4-8-15-12)14(17)13-7-6-11(2)18-13/h6-7,12,15H,3-5,8-10H2,1-2H3. The largest absolute Gasteiger partial charge is 0.336 e. The molecule has 1 aromatic heterocycles. The van der Waals surface area contributed by atoms with Crippen LogP contribution in [0.2, 0.25) is 0 Å². The van der Waals surface area contributed by atoms with E-state index in [1.165, 1.54) is 17.7 Å². The lowest BCUT2D eigenvalue weighted by atomic mass is 10.2. The molecule has 0 aromatic carbocycles. The summed E-state index contributed by atoms with van der Waals surface area (Å²) >= 11 is 1.60. The third-order valence-electron chi connectivity index (χ3n) is 3.34. The number of rotatable bonds is 5. The molecule has 1 atom stereocenters. The molecule has 1 aromatic rings. The quantitative estimate of drug-likeness (QED) is 0.888. The van der Waals surface area contributed by atoms with Gasteiger partial charge in [-0.25, -0.2) is 0 Å². The summed E-state index contributed by atoms with van der Waals surface area (Å²) in [5.74, 6) is 0.198. The second-order valence-electron chi connectivity index (χ2n) is 4.95. The fourth-order valence-electron chi connectivity index (χ4n) is 2.43. The Labute approximate surface area is 113 Å². The van der Waals surface area contributed by atoms with Crippen LogP contribution in [0.15, 0.2) is 12.1 Å². The summed E-state index contributed by atoms with van der Waals surface area (Å²) in [6.45, 7) is 6.97. The van der Waals surface area contributed by atoms with E-state index in [-0.39, 0.29) is 5.91 Å². The molecular weight excluding hydrogens is 244 g/mol. The van der Waals surface area contributed by atoms with E-state index in [0.717, 1.165) is 30.9 Å². The highest BCUT2D eigenvalue weighted by Gasteiger charge is 2.22. The first kappa shape index (κ1) is 13.6. The maximum atomic E-state index is 12.4. The fraction of sp³-hybridized carbons (Fsp3) is 0.643. The number of carbonyl (C=O) groups excluding carboxylic acids is 1. The monoisotopic (exact) mass is 266 g/mol. The van der Waals surface area contributed by atoms with Gasteiger partial charge in [-0.2, -0.15) is 0 Å². The summed E-state index contributed by atoms with van der Waals surface area (Å²) in [6, 6.07) is 4.46. The lowest BCUT2D eigenvalue weighted by Crippen LogP contribution is -2.41. The Morgan fingerprint density at radius 1 is 1.56 bits per heavy atom. The maximum absolute atomic E-state index is 12.4. The van der Waals surface area contributed by atoms with E-state index < -0.39 is 0 Å². The predicted octanol–water partition coefficient (Wildman–Crippen LogP) is 2.66. The van der Waals surface area contributed by atoms with Gasteiger partial charge in [0, 0.05) is 24.0 Å². The van der Waals surface area contributed by atoms with E-state index in [0.29, 0.717) is 6.04 Å². The Kier molecular flexibility index (Phi) is 4.78. The summed E-state index contributed by atoms with van der Waals surface area (Å²) in [6.07, 6.45) is 3.44. The molecule has 1 amide bonds. The Morgan fingerprint density at radius 2 is 2.39 bits per heavy atom. The Hall–Kier alpha value is -0.870. The molecule has 0 aliphatic carbocycles. The van der Waals surface area contributed by atoms with Crippen molar-refractivity contribution in [3.63, 3.8) is 0 Å². The molecule has 1 N–H and O–H groups in total. The van der Waals surface area contributed by atoms with Gasteiger partial charge in [-0.15, -0.1) is 11.3 Å². The lowest BCUT2D eigenvalue weighted by molar-refractivity contribution is 0.0747. The van der Waals surface area contributed by atoms with Crippen LogP contribution in [-0.2, 0) is 0 Å². The number of hydrogen-bond donors (Lipinski definition) is 1. The molecule has 1 aliphatic heterocycles. The molecule has 1 aliphatic rings. The molecule has 0 bridgehead atoms. The molecule has 1 fully saturated rings. The summed E-state index contributed by atoms with van der Waals surface area (Å²) in [4.78, 5) is 16.5. The van der Waals surface area contributed by atoms with E-state index in [4.69, 9.17) is 0 Å². The smallest absolute Gasteiger partial charge is 0.263 e. The van der Waals surface area contributed by atoms with Crippen LogP contribution in [0.5, 0.6) is 0 Å². The van der Waals surface area contributed by atoms with Crippen LogP contribution in [-0.4, -0.2) is 36.5 Å². The SMILES string of the molecule is CCCN(CC1CCCN1)C(=O)c1ccc(C)s1. The van der Waals surface area contributed by atoms with Crippen molar-refractivity contribution in [3.05, 3.63) is 21.9 Å². The third kappa shape index (κ3) is 3.33. The zero-order valence-corrected chi connectivity index (χ0v) is 12.1. The average molecular weight is 266 g/mol. The van der Waals surface area contributed by atoms with Gasteiger partial charge in [0.2, 0.25) is 0 Å². The summed E-state index contributed by atoms with van der Waals surface area (Å²) in [5, 5.41) is 3.47. The van der Waals surface area contributed by atoms with Crippen LogP contribution in [0.1, 0.15) is 40.7 Å². The zero-order valence-electron chi connectivity index (χ0n) is 11.2. The minimum Gasteiger partial charge on any atom is -0.336 e. The molecule has 1 unspecified atom stereocenters. The molecule has 18 heavy (non-hydrogen) atoms. The van der Waals surface area contributed by atoms with Gasteiger partial charge in [0.15, 0.2) is 0 Å². The molecule has 3 nitrogen and oxygen atoms in total. The Morgan fingerprint density at radius 3 is 2.94 bits per heavy atom. The normalized spacial score (nSPS) is 19.1. The second-order valence-corrected chi connectivity index (χ2v) is 6.24. The van der Waals surface area contributed by atoms with Crippen molar-refractivity contribution < 1.29 is 4.79 Å². The summed E-state index contributed by atoms with van der Waals surface area (Å²) < 4.78 is 0. The van der Waals surface area contributed by atoms with E-state index in [9.17, 15) is 4.79 Å². The summed E-state index contributed by atoms with van der Waals surface area (Å²) in [5.41, 5.74) is 0. The van der Waals surface area contributed by atoms with Crippen LogP contribution in [0.25, 0.3) is 0 Å². The fourth-order valence-corrected chi connectivity index (χ4v) is 3.26. The number of nitrogens with one attached hydrogen (secondary N) is 1. The van der Waals surface area contributed by atoms with Gasteiger partial charge in [-0.1, -0.05) is 6.92 Å². The molecule has 100 valence electrons. The number of thiophene rings is 1. The van der Waals surface area contributed by atoms with Crippen molar-refractivity contribution in [3.8, 4) is 0 Å². The highest BCUT2D eigenvalue weighted by molar-refractivity contribution is 7.13. The highest BCUT2D eigenvalue weighted by atomic mass is 32.1. The van der Waals surface area contributed by atoms with Crippen molar-refractivity contribution in [2.45, 2.75) is 39.2 Å². The molecule has 1 saturated heterocycles. The van der Waals surface area contributed by atoms with Gasteiger partial charge >= 0.3 is 0 Å². The summed E-state index contributed by atoms with van der Waals surface area (Å²) in [7, 11) is 0. The molecule has 2 heterocycles. The van der Waals surface area contributed by atoms with Crippen molar-refractivity contribution in [2.24, 2.45) is 0 Å². The number of nitrogens with zero attached hydrogens (tertiary/aromatic N) is 1. The molecule has 2 rings (SSSR count). The van der Waals surface area contributed by atoms with E-state index in [2.05, 4.69) is 12.2 Å². The predicted molar refractivity (Wildman–Crippen MR) is 76.3 cm³/mol. The van der Waals surface area contributed by atoms with Crippen LogP contribution < -0.4 is 5.32 Å². The number of amides is 1. The third-order valence-corrected chi connectivity index (χ3v) is 4.32. The molecule has 0 radical (unpaired) electrons. The molecule has 0 spiro atoms. The van der Waals surface area contributed by atoms with Gasteiger partial charge in [-0.05, 0) is 44.9 Å². The Bertz CT molecular complexity index is 396. The van der Waals surface area contributed by atoms with E-state index >= 15 is 0 Å². The minimum atomic E-state index is 0.198. The number of carbonyl (C=O) groups is 1. The Balaban J connectivity index is 2.01. The van der Waals surface area contributed by atoms with Crippen LogP contribution in [0.4, 0.5) is 0 Å². The molecule has 0 saturated carbocycles. The first-order valence-electron chi connectivity index (χ1n) is 6.79. The second kappa shape index (κ2) is 6.34. The van der Waals surface area contributed by atoms with Crippen LogP contribution in [0.3, 0.4) is 0 Å². The van der Waals surface area contributed by atoms with Gasteiger partial charge < -0.3 is 10.2 Å². The van der Waals surface area contributed by atoms with Crippen molar-refractivity contribution >= 4 is 17.2 Å². The highest BCUT2D eigenvalue weighted by Crippen LogP contribution is 2.18. The van der Waals surface area contributed by atoms with Gasteiger partial charge in [0.25, 0.3) is 5.91 Å².